The zero-order valence-electron chi connectivity index (χ0n) is 9.23. The highest BCUT2D eigenvalue weighted by Gasteiger charge is 2.23. The molecule has 0 saturated heterocycles. The summed E-state index contributed by atoms with van der Waals surface area (Å²) in [6.45, 7) is 3.31. The second-order valence-electron chi connectivity index (χ2n) is 4.14. The van der Waals surface area contributed by atoms with Crippen molar-refractivity contribution in [2.45, 2.75) is 25.1 Å². The summed E-state index contributed by atoms with van der Waals surface area (Å²) in [5.74, 6) is 0. The third-order valence-corrected chi connectivity index (χ3v) is 4.35. The van der Waals surface area contributed by atoms with E-state index in [1.165, 1.54) is 5.56 Å². The number of fused-ring (bicyclic) bond motifs is 1. The summed E-state index contributed by atoms with van der Waals surface area (Å²) in [6.07, 6.45) is 0.945. The van der Waals surface area contributed by atoms with Crippen molar-refractivity contribution in [3.8, 4) is 0 Å². The number of sulfonamides is 1. The van der Waals surface area contributed by atoms with Crippen LogP contribution >= 0.6 is 0 Å². The summed E-state index contributed by atoms with van der Waals surface area (Å²) < 4.78 is 22.7. The van der Waals surface area contributed by atoms with Gasteiger partial charge in [-0.3, -0.25) is 0 Å². The Kier molecular flexibility index (Phi) is 3.01. The van der Waals surface area contributed by atoms with Gasteiger partial charge in [0.1, 0.15) is 0 Å². The lowest BCUT2D eigenvalue weighted by Gasteiger charge is -2.22. The molecule has 0 aromatic heterocycles. The van der Waals surface area contributed by atoms with Gasteiger partial charge in [-0.2, -0.15) is 0 Å². The smallest absolute Gasteiger partial charge is 0.215 e. The van der Waals surface area contributed by atoms with Crippen LogP contribution < -0.4 is 10.5 Å². The molecule has 2 rings (SSSR count). The predicted molar refractivity (Wildman–Crippen MR) is 63.4 cm³/mol. The van der Waals surface area contributed by atoms with E-state index in [2.05, 4.69) is 11.4 Å². The molecule has 1 aromatic rings. The molecule has 0 saturated carbocycles. The summed E-state index contributed by atoms with van der Waals surface area (Å²) in [6, 6.07) is 5.80. The number of rotatable bonds is 2. The first kappa shape index (κ1) is 11.6. The van der Waals surface area contributed by atoms with Crippen molar-refractivity contribution in [2.24, 2.45) is 5.14 Å². The Hall–Kier alpha value is -0.910. The molecule has 0 amide bonds. The SMILES string of the molecule is CC(c1cccc2c1CNCC2)S(N)(=O)=O. The average molecular weight is 240 g/mol. The van der Waals surface area contributed by atoms with Crippen LogP contribution in [0.4, 0.5) is 0 Å². The molecule has 1 aliphatic heterocycles. The van der Waals surface area contributed by atoms with Gasteiger partial charge in [0.2, 0.25) is 10.0 Å². The predicted octanol–water partition coefficient (Wildman–Crippen LogP) is 0.682. The first-order valence-electron chi connectivity index (χ1n) is 5.33. The number of hydrogen-bond acceptors (Lipinski definition) is 3. The highest BCUT2D eigenvalue weighted by Crippen LogP contribution is 2.27. The fourth-order valence-electron chi connectivity index (χ4n) is 2.10. The number of primary sulfonamides is 1. The van der Waals surface area contributed by atoms with Crippen molar-refractivity contribution >= 4 is 10.0 Å². The fourth-order valence-corrected chi connectivity index (χ4v) is 2.67. The Labute approximate surface area is 95.9 Å². The molecule has 0 aliphatic carbocycles. The summed E-state index contributed by atoms with van der Waals surface area (Å²) in [7, 11) is -3.52. The molecule has 5 heteroatoms. The van der Waals surface area contributed by atoms with Crippen molar-refractivity contribution in [3.63, 3.8) is 0 Å². The van der Waals surface area contributed by atoms with Gasteiger partial charge in [0.25, 0.3) is 0 Å². The Morgan fingerprint density at radius 1 is 1.44 bits per heavy atom. The molecule has 3 N–H and O–H groups in total. The van der Waals surface area contributed by atoms with E-state index in [9.17, 15) is 8.42 Å². The highest BCUT2D eigenvalue weighted by atomic mass is 32.2. The molecule has 1 aromatic carbocycles. The number of nitrogens with one attached hydrogen (secondary N) is 1. The molecule has 16 heavy (non-hydrogen) atoms. The van der Waals surface area contributed by atoms with E-state index in [4.69, 9.17) is 5.14 Å². The van der Waals surface area contributed by atoms with Crippen LogP contribution in [-0.2, 0) is 23.0 Å². The van der Waals surface area contributed by atoms with Crippen LogP contribution in [0.1, 0.15) is 28.9 Å². The van der Waals surface area contributed by atoms with Crippen molar-refractivity contribution in [1.82, 2.24) is 5.32 Å². The first-order valence-corrected chi connectivity index (χ1v) is 6.94. The van der Waals surface area contributed by atoms with E-state index in [1.807, 2.05) is 12.1 Å². The Morgan fingerprint density at radius 3 is 2.88 bits per heavy atom. The molecule has 1 unspecified atom stereocenters. The minimum Gasteiger partial charge on any atom is -0.312 e. The van der Waals surface area contributed by atoms with Crippen molar-refractivity contribution in [2.75, 3.05) is 6.54 Å². The molecule has 0 radical (unpaired) electrons. The van der Waals surface area contributed by atoms with E-state index >= 15 is 0 Å². The molecule has 0 fully saturated rings. The minimum atomic E-state index is -3.52. The third kappa shape index (κ3) is 2.11. The van der Waals surface area contributed by atoms with E-state index in [-0.39, 0.29) is 0 Å². The Balaban J connectivity index is 2.49. The van der Waals surface area contributed by atoms with E-state index in [1.54, 1.807) is 6.92 Å². The first-order chi connectivity index (χ1) is 7.50. The van der Waals surface area contributed by atoms with Crippen LogP contribution in [-0.4, -0.2) is 15.0 Å². The molecular weight excluding hydrogens is 224 g/mol. The van der Waals surface area contributed by atoms with Crippen LogP contribution in [0, 0.1) is 0 Å². The number of hydrogen-bond donors (Lipinski definition) is 2. The third-order valence-electron chi connectivity index (χ3n) is 3.11. The Bertz CT molecular complexity index is 497. The minimum absolute atomic E-state index is 0.637. The Morgan fingerprint density at radius 2 is 2.19 bits per heavy atom. The summed E-state index contributed by atoms with van der Waals surface area (Å²) in [5, 5.41) is 7.81. The van der Waals surface area contributed by atoms with Crippen molar-refractivity contribution in [3.05, 3.63) is 34.9 Å². The average Bonchev–Trinajstić information content (AvgIpc) is 2.26. The molecule has 4 nitrogen and oxygen atoms in total. The molecule has 88 valence electrons. The maximum atomic E-state index is 11.4. The quantitative estimate of drug-likeness (QED) is 0.798. The fraction of sp³-hybridized carbons (Fsp3) is 0.455. The summed E-state index contributed by atoms with van der Waals surface area (Å²) in [5.41, 5.74) is 3.15. The molecular formula is C11H16N2O2S. The second kappa shape index (κ2) is 4.16. The molecule has 0 spiro atoms. The second-order valence-corrected chi connectivity index (χ2v) is 6.03. The van der Waals surface area contributed by atoms with Gasteiger partial charge in [-0.05, 0) is 36.6 Å². The van der Waals surface area contributed by atoms with Gasteiger partial charge in [-0.1, -0.05) is 18.2 Å². The zero-order chi connectivity index (χ0) is 11.8. The standard InChI is InChI=1S/C11H16N2O2S/c1-8(16(12,14)15)10-4-2-3-9-5-6-13-7-11(9)10/h2-4,8,13H,5-7H2,1H3,(H2,12,14,15). The molecule has 1 aliphatic rings. The lowest BCUT2D eigenvalue weighted by atomic mass is 9.94. The van der Waals surface area contributed by atoms with Crippen LogP contribution in [0.15, 0.2) is 18.2 Å². The van der Waals surface area contributed by atoms with Gasteiger partial charge >= 0.3 is 0 Å². The van der Waals surface area contributed by atoms with E-state index in [0.29, 0.717) is 0 Å². The maximum Gasteiger partial charge on any atom is 0.215 e. The van der Waals surface area contributed by atoms with Gasteiger partial charge in [-0.25, -0.2) is 13.6 Å². The van der Waals surface area contributed by atoms with Gasteiger partial charge in [-0.15, -0.1) is 0 Å². The monoisotopic (exact) mass is 240 g/mol. The molecule has 1 heterocycles. The van der Waals surface area contributed by atoms with Crippen LogP contribution in [0.3, 0.4) is 0 Å². The lowest BCUT2D eigenvalue weighted by Crippen LogP contribution is -2.27. The van der Waals surface area contributed by atoms with Crippen LogP contribution in [0.5, 0.6) is 0 Å². The number of nitrogens with two attached hydrogens (primary N) is 1. The summed E-state index contributed by atoms with van der Waals surface area (Å²) in [4.78, 5) is 0. The highest BCUT2D eigenvalue weighted by molar-refractivity contribution is 7.89. The van der Waals surface area contributed by atoms with Crippen LogP contribution in [0.2, 0.25) is 0 Å². The lowest BCUT2D eigenvalue weighted by molar-refractivity contribution is 0.585. The van der Waals surface area contributed by atoms with Crippen molar-refractivity contribution in [1.29, 1.82) is 0 Å². The maximum absolute atomic E-state index is 11.4. The van der Waals surface area contributed by atoms with Gasteiger partial charge in [0.05, 0.1) is 5.25 Å². The number of benzene rings is 1. The largest absolute Gasteiger partial charge is 0.312 e. The van der Waals surface area contributed by atoms with Gasteiger partial charge in [0, 0.05) is 6.54 Å². The van der Waals surface area contributed by atoms with E-state index in [0.717, 1.165) is 30.6 Å². The summed E-state index contributed by atoms with van der Waals surface area (Å²) >= 11 is 0. The molecule has 0 bridgehead atoms. The van der Waals surface area contributed by atoms with Crippen molar-refractivity contribution < 1.29 is 8.42 Å². The van der Waals surface area contributed by atoms with Crippen LogP contribution in [0.25, 0.3) is 0 Å². The normalized spacial score (nSPS) is 17.9. The zero-order valence-corrected chi connectivity index (χ0v) is 10.0. The van der Waals surface area contributed by atoms with E-state index < -0.39 is 15.3 Å². The molecule has 1 atom stereocenters. The van der Waals surface area contributed by atoms with Gasteiger partial charge in [0.15, 0.2) is 0 Å². The topological polar surface area (TPSA) is 72.2 Å². The van der Waals surface area contributed by atoms with Gasteiger partial charge < -0.3 is 5.32 Å².